The number of hydrogen-bond donors (Lipinski definition) is 2. The zero-order chi connectivity index (χ0) is 4.50. The van der Waals surface area contributed by atoms with E-state index in [0.29, 0.717) is 0 Å². The summed E-state index contributed by atoms with van der Waals surface area (Å²) in [7, 11) is -4.67. The standard InChI is InChI=1S/4Na.H2O4S/c;;;;1-5(2,3)4/h;;;;(H2,1,2,3,4)/q4*+1;. The van der Waals surface area contributed by atoms with Gasteiger partial charge in [0.15, 0.2) is 0 Å². The summed E-state index contributed by atoms with van der Waals surface area (Å²) in [6, 6.07) is 0. The van der Waals surface area contributed by atoms with E-state index < -0.39 is 10.4 Å². The average Bonchev–Trinajstić information content (AvgIpc) is 0.722. The van der Waals surface area contributed by atoms with Crippen LogP contribution in [0.15, 0.2) is 0 Å². The van der Waals surface area contributed by atoms with Gasteiger partial charge in [-0.15, -0.1) is 0 Å². The first kappa shape index (κ1) is 29.3. The van der Waals surface area contributed by atoms with Gasteiger partial charge in [0.2, 0.25) is 0 Å². The molecule has 0 rings (SSSR count). The molecule has 0 aromatic carbocycles. The third kappa shape index (κ3) is 77.2. The molecule has 0 aliphatic rings. The molecule has 0 spiro atoms. The van der Waals surface area contributed by atoms with Crippen LogP contribution in [0.2, 0.25) is 0 Å². The molecular formula is H2Na4O4S+4. The minimum Gasteiger partial charge on any atom is -0.264 e. The van der Waals surface area contributed by atoms with E-state index in [4.69, 9.17) is 17.5 Å². The Morgan fingerprint density at radius 1 is 0.778 bits per heavy atom. The maximum atomic E-state index is 8.74. The Balaban J connectivity index is -0.0000000133. The molecule has 0 aromatic rings. The van der Waals surface area contributed by atoms with E-state index in [1.54, 1.807) is 0 Å². The van der Waals surface area contributed by atoms with Crippen LogP contribution in [0.25, 0.3) is 0 Å². The van der Waals surface area contributed by atoms with Gasteiger partial charge in [0, 0.05) is 0 Å². The molecule has 0 saturated carbocycles. The molecule has 0 radical (unpaired) electrons. The van der Waals surface area contributed by atoms with Crippen molar-refractivity contribution in [3.05, 3.63) is 0 Å². The van der Waals surface area contributed by atoms with Crippen LogP contribution in [0.5, 0.6) is 0 Å². The van der Waals surface area contributed by atoms with Gasteiger partial charge in [0.1, 0.15) is 0 Å². The molecule has 4 nitrogen and oxygen atoms in total. The van der Waals surface area contributed by atoms with E-state index in [1.807, 2.05) is 0 Å². The van der Waals surface area contributed by atoms with Crippen molar-refractivity contribution in [3.8, 4) is 0 Å². The van der Waals surface area contributed by atoms with Crippen LogP contribution in [-0.4, -0.2) is 17.5 Å². The molecule has 0 heterocycles. The molecule has 2 N–H and O–H groups in total. The molecule has 0 bridgehead atoms. The van der Waals surface area contributed by atoms with E-state index in [9.17, 15) is 0 Å². The first-order valence-corrected chi connectivity index (χ1v) is 2.10. The SMILES string of the molecule is O=S(=O)(O)O.[Na+].[Na+].[Na+].[Na+]. The van der Waals surface area contributed by atoms with Crippen molar-refractivity contribution in [2.45, 2.75) is 0 Å². The topological polar surface area (TPSA) is 74.6 Å². The van der Waals surface area contributed by atoms with Crippen molar-refractivity contribution in [1.29, 1.82) is 0 Å². The fraction of sp³-hybridized carbons (Fsp3) is 0. The number of rotatable bonds is 0. The summed E-state index contributed by atoms with van der Waals surface area (Å²) in [5.74, 6) is 0. The van der Waals surface area contributed by atoms with Gasteiger partial charge in [-0.3, -0.25) is 9.11 Å². The molecule has 0 amide bonds. The minimum atomic E-state index is -4.67. The summed E-state index contributed by atoms with van der Waals surface area (Å²) in [5, 5.41) is 0. The van der Waals surface area contributed by atoms with Crippen molar-refractivity contribution in [2.24, 2.45) is 0 Å². The molecule has 0 atom stereocenters. The molecule has 0 unspecified atom stereocenters. The largest absolute Gasteiger partial charge is 1.00 e. The fourth-order valence-corrected chi connectivity index (χ4v) is 0. The van der Waals surface area contributed by atoms with Gasteiger partial charge in [0.25, 0.3) is 0 Å². The Hall–Kier alpha value is 3.87. The van der Waals surface area contributed by atoms with Crippen LogP contribution in [-0.2, 0) is 10.4 Å². The molecule has 0 aliphatic carbocycles. The molecule has 0 aliphatic heterocycles. The fourth-order valence-electron chi connectivity index (χ4n) is 0. The van der Waals surface area contributed by atoms with Gasteiger partial charge in [-0.05, 0) is 0 Å². The molecule has 9 heteroatoms. The van der Waals surface area contributed by atoms with Crippen molar-refractivity contribution in [2.75, 3.05) is 0 Å². The second-order valence-electron chi connectivity index (χ2n) is 0.448. The van der Waals surface area contributed by atoms with Crippen LogP contribution in [0.4, 0.5) is 0 Å². The second-order valence-corrected chi connectivity index (χ2v) is 1.34. The summed E-state index contributed by atoms with van der Waals surface area (Å²) in [4.78, 5) is 0. The summed E-state index contributed by atoms with van der Waals surface area (Å²) in [5.41, 5.74) is 0. The molecule has 32 valence electrons. The van der Waals surface area contributed by atoms with Crippen LogP contribution in [0.3, 0.4) is 0 Å². The van der Waals surface area contributed by atoms with E-state index in [2.05, 4.69) is 0 Å². The maximum Gasteiger partial charge on any atom is 1.00 e. The Morgan fingerprint density at radius 2 is 0.778 bits per heavy atom. The quantitative estimate of drug-likeness (QED) is 0.294. The van der Waals surface area contributed by atoms with E-state index in [1.165, 1.54) is 0 Å². The predicted molar refractivity (Wildman–Crippen MR) is 14.2 cm³/mol. The van der Waals surface area contributed by atoms with Gasteiger partial charge in [-0.25, -0.2) is 0 Å². The molecule has 0 saturated heterocycles. The van der Waals surface area contributed by atoms with E-state index in [-0.39, 0.29) is 118 Å². The van der Waals surface area contributed by atoms with E-state index >= 15 is 0 Å². The van der Waals surface area contributed by atoms with Gasteiger partial charge < -0.3 is 0 Å². The van der Waals surface area contributed by atoms with Crippen molar-refractivity contribution in [3.63, 3.8) is 0 Å². The molecule has 0 fully saturated rings. The van der Waals surface area contributed by atoms with Crippen molar-refractivity contribution < 1.29 is 136 Å². The Kier molecular flexibility index (Phi) is 46.8. The molecular weight excluding hydrogens is 188 g/mol. The first-order chi connectivity index (χ1) is 2.00. The Bertz CT molecular complexity index is 95.7. The average molecular weight is 190 g/mol. The zero-order valence-corrected chi connectivity index (χ0v) is 14.9. The van der Waals surface area contributed by atoms with Crippen LogP contribution < -0.4 is 118 Å². The first-order valence-electron chi connectivity index (χ1n) is 0.698. The third-order valence-corrected chi connectivity index (χ3v) is 0. The monoisotopic (exact) mass is 190 g/mol. The maximum absolute atomic E-state index is 8.74. The van der Waals surface area contributed by atoms with Crippen LogP contribution in [0.1, 0.15) is 0 Å². The minimum absolute atomic E-state index is 0. The third-order valence-electron chi connectivity index (χ3n) is 0. The number of hydrogen-bond acceptors (Lipinski definition) is 2. The van der Waals surface area contributed by atoms with Gasteiger partial charge in [-0.1, -0.05) is 0 Å². The normalized spacial score (nSPS) is 6.44. The summed E-state index contributed by atoms with van der Waals surface area (Å²) in [6.45, 7) is 0. The van der Waals surface area contributed by atoms with Crippen LogP contribution in [0, 0.1) is 0 Å². The van der Waals surface area contributed by atoms with Crippen molar-refractivity contribution in [1.82, 2.24) is 0 Å². The van der Waals surface area contributed by atoms with Crippen molar-refractivity contribution >= 4 is 10.4 Å². The predicted octanol–water partition coefficient (Wildman–Crippen LogP) is -12.6. The van der Waals surface area contributed by atoms with Crippen LogP contribution >= 0.6 is 0 Å². The molecule has 9 heavy (non-hydrogen) atoms. The smallest absolute Gasteiger partial charge is 0.264 e. The Morgan fingerprint density at radius 3 is 0.778 bits per heavy atom. The zero-order valence-electron chi connectivity index (χ0n) is 6.12. The molecule has 0 aromatic heterocycles. The van der Waals surface area contributed by atoms with Gasteiger partial charge in [0.05, 0.1) is 0 Å². The van der Waals surface area contributed by atoms with E-state index in [0.717, 1.165) is 0 Å². The summed E-state index contributed by atoms with van der Waals surface area (Å²) >= 11 is 0. The summed E-state index contributed by atoms with van der Waals surface area (Å²) < 4.78 is 31.6. The van der Waals surface area contributed by atoms with Gasteiger partial charge >= 0.3 is 129 Å². The Labute approximate surface area is 143 Å². The van der Waals surface area contributed by atoms with Gasteiger partial charge in [-0.2, -0.15) is 8.42 Å². The second kappa shape index (κ2) is 14.4. The summed E-state index contributed by atoms with van der Waals surface area (Å²) in [6.07, 6.45) is 0.